The van der Waals surface area contributed by atoms with E-state index in [1.54, 1.807) is 19.2 Å². The molecule has 6 nitrogen and oxygen atoms in total. The Bertz CT molecular complexity index is 644. The molecule has 0 aliphatic rings. The van der Waals surface area contributed by atoms with Gasteiger partial charge in [0.25, 0.3) is 0 Å². The number of anilines is 1. The number of benzene rings is 2. The predicted molar refractivity (Wildman–Crippen MR) is 93.1 cm³/mol. The Morgan fingerprint density at radius 2 is 1.67 bits per heavy atom. The topological polar surface area (TPSA) is 68.8 Å². The highest BCUT2D eigenvalue weighted by molar-refractivity contribution is 5.90. The van der Waals surface area contributed by atoms with E-state index in [9.17, 15) is 4.79 Å². The fourth-order valence-corrected chi connectivity index (χ4v) is 2.05. The predicted octanol–water partition coefficient (Wildman–Crippen LogP) is 3.29. The molecule has 24 heavy (non-hydrogen) atoms. The van der Waals surface area contributed by atoms with Gasteiger partial charge in [-0.15, -0.1) is 0 Å². The molecule has 2 rings (SSSR count). The third kappa shape index (κ3) is 5.39. The number of urea groups is 1. The molecule has 0 fully saturated rings. The third-order valence-electron chi connectivity index (χ3n) is 3.15. The van der Waals surface area contributed by atoms with E-state index in [2.05, 4.69) is 10.6 Å². The average molecular weight is 330 g/mol. The number of amides is 2. The van der Waals surface area contributed by atoms with E-state index in [1.165, 1.54) is 0 Å². The second-order valence-electron chi connectivity index (χ2n) is 4.83. The number of hydrogen-bond acceptors (Lipinski definition) is 4. The number of carbonyl (C=O) groups is 1. The number of hydrogen-bond donors (Lipinski definition) is 2. The van der Waals surface area contributed by atoms with Gasteiger partial charge in [0.15, 0.2) is 0 Å². The van der Waals surface area contributed by atoms with Crippen LogP contribution in [0.15, 0.2) is 48.5 Å². The summed E-state index contributed by atoms with van der Waals surface area (Å²) in [4.78, 5) is 11.9. The minimum absolute atomic E-state index is 0.310. The Morgan fingerprint density at radius 1 is 1.00 bits per heavy atom. The van der Waals surface area contributed by atoms with Crippen LogP contribution in [0, 0.1) is 0 Å². The molecular weight excluding hydrogens is 308 g/mol. The first-order valence-electron chi connectivity index (χ1n) is 7.76. The zero-order chi connectivity index (χ0) is 17.2. The lowest BCUT2D eigenvalue weighted by Gasteiger charge is -2.11. The van der Waals surface area contributed by atoms with Gasteiger partial charge in [-0.1, -0.05) is 12.1 Å². The second-order valence-corrected chi connectivity index (χ2v) is 4.83. The lowest BCUT2D eigenvalue weighted by atomic mass is 10.3. The molecule has 2 aromatic rings. The molecule has 0 aliphatic carbocycles. The van der Waals surface area contributed by atoms with Crippen LogP contribution in [-0.4, -0.2) is 32.9 Å². The summed E-state index contributed by atoms with van der Waals surface area (Å²) in [5.41, 5.74) is 0.616. The first-order valence-corrected chi connectivity index (χ1v) is 7.76. The molecule has 0 spiro atoms. The Morgan fingerprint density at radius 3 is 2.33 bits per heavy atom. The number of para-hydroxylation sites is 2. The van der Waals surface area contributed by atoms with Crippen molar-refractivity contribution in [1.82, 2.24) is 5.32 Å². The second kappa shape index (κ2) is 9.29. The van der Waals surface area contributed by atoms with E-state index >= 15 is 0 Å². The first kappa shape index (κ1) is 17.5. The molecule has 2 N–H and O–H groups in total. The standard InChI is InChI=1S/C18H22N2O4/c1-3-23-14-8-10-15(11-9-14)24-13-12-19-18(21)20-16-6-4-5-7-17(16)22-2/h4-11H,3,12-13H2,1-2H3,(H2,19,20,21). The maximum Gasteiger partial charge on any atom is 0.319 e. The van der Waals surface area contributed by atoms with Gasteiger partial charge in [0, 0.05) is 0 Å². The van der Waals surface area contributed by atoms with Crippen LogP contribution in [0.25, 0.3) is 0 Å². The van der Waals surface area contributed by atoms with Crippen molar-refractivity contribution in [2.45, 2.75) is 6.92 Å². The molecule has 0 atom stereocenters. The van der Waals surface area contributed by atoms with Crippen LogP contribution in [-0.2, 0) is 0 Å². The molecule has 6 heteroatoms. The van der Waals surface area contributed by atoms with Crippen molar-refractivity contribution in [2.24, 2.45) is 0 Å². The molecule has 2 aromatic carbocycles. The SMILES string of the molecule is CCOc1ccc(OCCNC(=O)Nc2ccccc2OC)cc1. The molecule has 128 valence electrons. The summed E-state index contributed by atoms with van der Waals surface area (Å²) < 4.78 is 16.1. The van der Waals surface area contributed by atoms with Gasteiger partial charge in [-0.25, -0.2) is 4.79 Å². The third-order valence-corrected chi connectivity index (χ3v) is 3.15. The monoisotopic (exact) mass is 330 g/mol. The molecule has 0 radical (unpaired) electrons. The van der Waals surface area contributed by atoms with Gasteiger partial charge in [0.2, 0.25) is 0 Å². The van der Waals surface area contributed by atoms with E-state index in [0.29, 0.717) is 31.2 Å². The van der Waals surface area contributed by atoms with Gasteiger partial charge in [0.05, 0.1) is 25.9 Å². The Balaban J connectivity index is 1.71. The summed E-state index contributed by atoms with van der Waals surface area (Å²) >= 11 is 0. The van der Waals surface area contributed by atoms with Crippen LogP contribution in [0.4, 0.5) is 10.5 Å². The summed E-state index contributed by atoms with van der Waals surface area (Å²) in [5.74, 6) is 2.14. The van der Waals surface area contributed by atoms with Gasteiger partial charge in [0.1, 0.15) is 23.9 Å². The Labute approximate surface area is 141 Å². The largest absolute Gasteiger partial charge is 0.495 e. The number of rotatable bonds is 8. The van der Waals surface area contributed by atoms with Crippen molar-refractivity contribution in [3.63, 3.8) is 0 Å². The summed E-state index contributed by atoms with van der Waals surface area (Å²) in [6.07, 6.45) is 0. The van der Waals surface area contributed by atoms with E-state index in [-0.39, 0.29) is 6.03 Å². The average Bonchev–Trinajstić information content (AvgIpc) is 2.61. The van der Waals surface area contributed by atoms with E-state index in [1.807, 2.05) is 43.3 Å². The number of ether oxygens (including phenoxy) is 3. The van der Waals surface area contributed by atoms with Gasteiger partial charge in [-0.05, 0) is 43.3 Å². The molecule has 2 amide bonds. The van der Waals surface area contributed by atoms with Crippen molar-refractivity contribution < 1.29 is 19.0 Å². The van der Waals surface area contributed by atoms with Gasteiger partial charge < -0.3 is 24.8 Å². The van der Waals surface area contributed by atoms with Crippen LogP contribution in [0.3, 0.4) is 0 Å². The molecular formula is C18H22N2O4. The molecule has 0 saturated carbocycles. The number of methoxy groups -OCH3 is 1. The minimum atomic E-state index is -0.310. The number of nitrogens with one attached hydrogen (secondary N) is 2. The fourth-order valence-electron chi connectivity index (χ4n) is 2.05. The highest BCUT2D eigenvalue weighted by atomic mass is 16.5. The highest BCUT2D eigenvalue weighted by Crippen LogP contribution is 2.22. The van der Waals surface area contributed by atoms with Crippen molar-refractivity contribution in [3.8, 4) is 17.2 Å². The maximum absolute atomic E-state index is 11.9. The van der Waals surface area contributed by atoms with Gasteiger partial charge >= 0.3 is 6.03 Å². The highest BCUT2D eigenvalue weighted by Gasteiger charge is 2.05. The molecule has 0 aliphatic heterocycles. The summed E-state index contributed by atoms with van der Waals surface area (Å²) in [5, 5.41) is 5.46. The molecule has 0 saturated heterocycles. The zero-order valence-electron chi connectivity index (χ0n) is 13.9. The normalized spacial score (nSPS) is 9.92. The van der Waals surface area contributed by atoms with E-state index in [4.69, 9.17) is 14.2 Å². The van der Waals surface area contributed by atoms with Crippen LogP contribution >= 0.6 is 0 Å². The maximum atomic E-state index is 11.9. The molecule has 0 aromatic heterocycles. The van der Waals surface area contributed by atoms with Crippen molar-refractivity contribution >= 4 is 11.7 Å². The lowest BCUT2D eigenvalue weighted by molar-refractivity contribution is 0.247. The van der Waals surface area contributed by atoms with E-state index in [0.717, 1.165) is 11.5 Å². The summed E-state index contributed by atoms with van der Waals surface area (Å²) in [6.45, 7) is 3.32. The fraction of sp³-hybridized carbons (Fsp3) is 0.278. The molecule has 0 unspecified atom stereocenters. The Hall–Kier alpha value is -2.89. The van der Waals surface area contributed by atoms with Crippen LogP contribution in [0.5, 0.6) is 17.2 Å². The minimum Gasteiger partial charge on any atom is -0.495 e. The van der Waals surface area contributed by atoms with Gasteiger partial charge in [-0.2, -0.15) is 0 Å². The molecule has 0 bridgehead atoms. The smallest absolute Gasteiger partial charge is 0.319 e. The lowest BCUT2D eigenvalue weighted by Crippen LogP contribution is -2.32. The summed E-state index contributed by atoms with van der Waals surface area (Å²) in [6, 6.07) is 14.3. The quantitative estimate of drug-likeness (QED) is 0.729. The van der Waals surface area contributed by atoms with Crippen LogP contribution < -0.4 is 24.8 Å². The number of carbonyl (C=O) groups excluding carboxylic acids is 1. The Kier molecular flexibility index (Phi) is 6.76. The molecule has 0 heterocycles. The van der Waals surface area contributed by atoms with Crippen molar-refractivity contribution in [2.75, 3.05) is 32.2 Å². The zero-order valence-corrected chi connectivity index (χ0v) is 13.9. The van der Waals surface area contributed by atoms with Crippen LogP contribution in [0.1, 0.15) is 6.92 Å². The van der Waals surface area contributed by atoms with Crippen LogP contribution in [0.2, 0.25) is 0 Å². The van der Waals surface area contributed by atoms with E-state index < -0.39 is 0 Å². The summed E-state index contributed by atoms with van der Waals surface area (Å²) in [7, 11) is 1.56. The first-order chi connectivity index (χ1) is 11.7. The van der Waals surface area contributed by atoms with Gasteiger partial charge in [-0.3, -0.25) is 0 Å². The van der Waals surface area contributed by atoms with Crippen molar-refractivity contribution in [3.05, 3.63) is 48.5 Å². The van der Waals surface area contributed by atoms with Crippen molar-refractivity contribution in [1.29, 1.82) is 0 Å².